The predicted octanol–water partition coefficient (Wildman–Crippen LogP) is 3.21. The van der Waals surface area contributed by atoms with Crippen LogP contribution in [-0.4, -0.2) is 24.1 Å². The van der Waals surface area contributed by atoms with Crippen LogP contribution in [0.2, 0.25) is 0 Å². The Morgan fingerprint density at radius 3 is 2.48 bits per heavy atom. The lowest BCUT2D eigenvalue weighted by Crippen LogP contribution is -2.33. The van der Waals surface area contributed by atoms with Gasteiger partial charge in [-0.3, -0.25) is 14.9 Å². The Bertz CT molecular complexity index is 617. The maximum atomic E-state index is 11.0. The average Bonchev–Trinajstić information content (AvgIpc) is 2.55. The van der Waals surface area contributed by atoms with Crippen molar-refractivity contribution < 1.29 is 19.2 Å². The highest BCUT2D eigenvalue weighted by atomic mass is 16.6. The minimum absolute atomic E-state index is 0.105. The lowest BCUT2D eigenvalue weighted by Gasteiger charge is -2.30. The molecule has 0 aliphatic carbocycles. The molecule has 1 aromatic carbocycles. The summed E-state index contributed by atoms with van der Waals surface area (Å²) in [6, 6.07) is 6.07. The highest BCUT2D eigenvalue weighted by Gasteiger charge is 2.30. The molecule has 1 rings (SSSR count). The summed E-state index contributed by atoms with van der Waals surface area (Å²) in [5.74, 6) is -0.208. The fraction of sp³-hybridized carbons (Fsp3) is 0.500. The molecule has 0 saturated heterocycles. The maximum Gasteiger partial charge on any atom is 0.302 e. The van der Waals surface area contributed by atoms with Crippen molar-refractivity contribution >= 4 is 11.7 Å². The highest BCUT2D eigenvalue weighted by molar-refractivity contribution is 5.65. The Balaban J connectivity index is 2.98. The largest absolute Gasteiger partial charge is 0.491 e. The number of esters is 1. The van der Waals surface area contributed by atoms with Crippen molar-refractivity contribution in [3.8, 4) is 11.8 Å². The number of hydrogen-bond donors (Lipinski definition) is 0. The van der Waals surface area contributed by atoms with E-state index in [4.69, 9.17) is 14.7 Å². The van der Waals surface area contributed by atoms with Crippen LogP contribution in [0, 0.1) is 26.9 Å². The van der Waals surface area contributed by atoms with Gasteiger partial charge in [0.15, 0.2) is 5.56 Å². The molecule has 0 bridgehead atoms. The highest BCUT2D eigenvalue weighted by Crippen LogP contribution is 2.32. The molecule has 0 saturated carbocycles. The molecule has 23 heavy (non-hydrogen) atoms. The molecule has 0 spiro atoms. The van der Waals surface area contributed by atoms with Gasteiger partial charge in [0.1, 0.15) is 18.4 Å². The Kier molecular flexibility index (Phi) is 6.51. The summed E-state index contributed by atoms with van der Waals surface area (Å²) >= 11 is 0. The van der Waals surface area contributed by atoms with Gasteiger partial charge in [-0.2, -0.15) is 5.26 Å². The summed E-state index contributed by atoms with van der Waals surface area (Å²) in [6.07, 6.45) is 1.40. The molecule has 0 aliphatic heterocycles. The van der Waals surface area contributed by atoms with E-state index < -0.39 is 10.3 Å². The van der Waals surface area contributed by atoms with Gasteiger partial charge in [-0.25, -0.2) is 0 Å². The molecule has 124 valence electrons. The second-order valence-corrected chi connectivity index (χ2v) is 5.30. The van der Waals surface area contributed by atoms with E-state index in [1.54, 1.807) is 0 Å². The molecule has 0 N–H and O–H groups in total. The monoisotopic (exact) mass is 320 g/mol. The van der Waals surface area contributed by atoms with E-state index in [0.717, 1.165) is 0 Å². The molecule has 0 atom stereocenters. The number of hydrogen-bond acceptors (Lipinski definition) is 6. The normalized spacial score (nSPS) is 10.7. The van der Waals surface area contributed by atoms with Crippen LogP contribution >= 0.6 is 0 Å². The zero-order valence-corrected chi connectivity index (χ0v) is 13.5. The van der Waals surface area contributed by atoms with Crippen molar-refractivity contribution in [1.29, 1.82) is 5.26 Å². The first-order valence-corrected chi connectivity index (χ1v) is 7.32. The first-order chi connectivity index (χ1) is 10.9. The molecule has 0 fully saturated rings. The molecule has 0 aromatic heterocycles. The lowest BCUT2D eigenvalue weighted by molar-refractivity contribution is -0.385. The summed E-state index contributed by atoms with van der Waals surface area (Å²) in [7, 11) is 0. The number of nitriles is 1. The van der Waals surface area contributed by atoms with E-state index in [1.165, 1.54) is 25.1 Å². The topological polar surface area (TPSA) is 102 Å². The van der Waals surface area contributed by atoms with Crippen molar-refractivity contribution in [2.45, 2.75) is 33.6 Å². The predicted molar refractivity (Wildman–Crippen MR) is 83.0 cm³/mol. The summed E-state index contributed by atoms with van der Waals surface area (Å²) < 4.78 is 10.8. The molecular weight excluding hydrogens is 300 g/mol. The number of carbonyl (C=O) groups is 1. The summed E-state index contributed by atoms with van der Waals surface area (Å²) in [5.41, 5.74) is -0.794. The van der Waals surface area contributed by atoms with E-state index in [-0.39, 0.29) is 36.2 Å². The Morgan fingerprint density at radius 2 is 2.00 bits per heavy atom. The van der Waals surface area contributed by atoms with Gasteiger partial charge >= 0.3 is 5.97 Å². The molecule has 0 aliphatic rings. The van der Waals surface area contributed by atoms with Gasteiger partial charge in [-0.05, 0) is 18.9 Å². The fourth-order valence-electron chi connectivity index (χ4n) is 2.09. The molecule has 0 radical (unpaired) electrons. The number of nitrogens with zero attached hydrogens (tertiary/aromatic N) is 2. The third-order valence-electron chi connectivity index (χ3n) is 3.93. The Hall–Kier alpha value is -2.62. The molecule has 0 amide bonds. The van der Waals surface area contributed by atoms with Gasteiger partial charge in [0.05, 0.1) is 11.5 Å². The number of benzene rings is 1. The number of rotatable bonds is 8. The minimum Gasteiger partial charge on any atom is -0.491 e. The Labute approximate surface area is 135 Å². The average molecular weight is 320 g/mol. The lowest BCUT2D eigenvalue weighted by atomic mass is 9.84. The number of carbonyl (C=O) groups excluding carboxylic acids is 1. The third-order valence-corrected chi connectivity index (χ3v) is 3.93. The molecule has 7 nitrogen and oxygen atoms in total. The van der Waals surface area contributed by atoms with E-state index >= 15 is 0 Å². The van der Waals surface area contributed by atoms with Crippen molar-refractivity contribution in [3.63, 3.8) is 0 Å². The maximum absolute atomic E-state index is 11.0. The van der Waals surface area contributed by atoms with Crippen LogP contribution in [0.15, 0.2) is 18.2 Å². The van der Waals surface area contributed by atoms with Crippen LogP contribution in [0.1, 0.15) is 39.2 Å². The molecule has 0 heterocycles. The number of nitro groups is 1. The van der Waals surface area contributed by atoms with Crippen LogP contribution in [0.3, 0.4) is 0 Å². The zero-order valence-electron chi connectivity index (χ0n) is 13.5. The third kappa shape index (κ3) is 4.68. The van der Waals surface area contributed by atoms with Gasteiger partial charge < -0.3 is 9.47 Å². The van der Waals surface area contributed by atoms with Crippen molar-refractivity contribution in [2.24, 2.45) is 5.41 Å². The quantitative estimate of drug-likeness (QED) is 0.414. The van der Waals surface area contributed by atoms with Gasteiger partial charge in [-0.1, -0.05) is 19.9 Å². The first kappa shape index (κ1) is 18.4. The van der Waals surface area contributed by atoms with Gasteiger partial charge in [0.25, 0.3) is 5.69 Å². The van der Waals surface area contributed by atoms with Crippen molar-refractivity contribution in [1.82, 2.24) is 0 Å². The second kappa shape index (κ2) is 8.13. The standard InChI is InChI=1S/C16H20N2O5/c1-4-16(5-2,10-22-12(3)19)11-23-15-8-6-7-14(18(20)21)13(15)9-17/h6-8H,4-5,10-11H2,1-3H3. The van der Waals surface area contributed by atoms with Gasteiger partial charge in [0.2, 0.25) is 0 Å². The second-order valence-electron chi connectivity index (χ2n) is 5.30. The summed E-state index contributed by atoms with van der Waals surface area (Å²) in [6.45, 7) is 5.64. The minimum atomic E-state index is -0.614. The molecule has 7 heteroatoms. The van der Waals surface area contributed by atoms with Crippen LogP contribution in [0.4, 0.5) is 5.69 Å². The number of nitro benzene ring substituents is 1. The van der Waals surface area contributed by atoms with Crippen molar-refractivity contribution in [2.75, 3.05) is 13.2 Å². The van der Waals surface area contributed by atoms with E-state index in [9.17, 15) is 14.9 Å². The van der Waals surface area contributed by atoms with E-state index in [1.807, 2.05) is 19.9 Å². The fourth-order valence-corrected chi connectivity index (χ4v) is 2.09. The van der Waals surface area contributed by atoms with E-state index in [2.05, 4.69) is 0 Å². The number of ether oxygens (including phenoxy) is 2. The zero-order chi connectivity index (χ0) is 17.5. The SMILES string of the molecule is CCC(CC)(COC(C)=O)COc1cccc([N+](=O)[O-])c1C#N. The summed E-state index contributed by atoms with van der Waals surface area (Å²) in [4.78, 5) is 21.4. The Morgan fingerprint density at radius 1 is 1.35 bits per heavy atom. The molecule has 1 aromatic rings. The first-order valence-electron chi connectivity index (χ1n) is 7.32. The van der Waals surface area contributed by atoms with Gasteiger partial charge in [0, 0.05) is 18.4 Å². The molecular formula is C16H20N2O5. The van der Waals surface area contributed by atoms with E-state index in [0.29, 0.717) is 12.8 Å². The van der Waals surface area contributed by atoms with Crippen LogP contribution < -0.4 is 4.74 Å². The molecule has 0 unspecified atom stereocenters. The van der Waals surface area contributed by atoms with Gasteiger partial charge in [-0.15, -0.1) is 0 Å². The van der Waals surface area contributed by atoms with Crippen LogP contribution in [0.5, 0.6) is 5.75 Å². The van der Waals surface area contributed by atoms with Crippen molar-refractivity contribution in [3.05, 3.63) is 33.9 Å². The van der Waals surface area contributed by atoms with Crippen LogP contribution in [-0.2, 0) is 9.53 Å². The smallest absolute Gasteiger partial charge is 0.302 e. The van der Waals surface area contributed by atoms with Crippen LogP contribution in [0.25, 0.3) is 0 Å². The summed E-state index contributed by atoms with van der Waals surface area (Å²) in [5, 5.41) is 20.1.